The van der Waals surface area contributed by atoms with E-state index in [2.05, 4.69) is 229 Å². The first-order chi connectivity index (χ1) is 38.5. The van der Waals surface area contributed by atoms with E-state index in [0.29, 0.717) is 11.6 Å². The number of aryl methyl sites for hydroxylation is 2. The highest BCUT2D eigenvalue weighted by Gasteiger charge is 2.41. The first kappa shape index (κ1) is 45.5. The molecule has 0 spiro atoms. The molecule has 4 heterocycles. The average Bonchev–Trinajstić information content (AvgIpc) is 4.20. The van der Waals surface area contributed by atoms with Gasteiger partial charge in [0.05, 0.1) is 44.8 Å². The molecule has 2 bridgehead atoms. The normalized spacial score (nSPS) is 14.1. The zero-order valence-corrected chi connectivity index (χ0v) is 43.1. The summed E-state index contributed by atoms with van der Waals surface area (Å²) in [5.41, 5.74) is 23.8. The number of fused-ring (bicyclic) bond motifs is 2. The van der Waals surface area contributed by atoms with Gasteiger partial charge in [-0.2, -0.15) is 0 Å². The van der Waals surface area contributed by atoms with Gasteiger partial charge in [0.25, 0.3) is 0 Å². The van der Waals surface area contributed by atoms with E-state index in [9.17, 15) is 0 Å². The largest absolute Gasteiger partial charge is 0.296 e. The van der Waals surface area contributed by atoms with Gasteiger partial charge < -0.3 is 0 Å². The summed E-state index contributed by atoms with van der Waals surface area (Å²) in [5.74, 6) is 3.50. The number of benzene rings is 9. The summed E-state index contributed by atoms with van der Waals surface area (Å²) in [6.07, 6.45) is 1.66. The molecule has 1 unspecified atom stereocenters. The molecule has 16 rings (SSSR count). The minimum absolute atomic E-state index is 0.0216. The van der Waals surface area contributed by atoms with Crippen molar-refractivity contribution in [2.45, 2.75) is 38.5 Å². The summed E-state index contributed by atoms with van der Waals surface area (Å²) in [5, 5.41) is 0. The molecule has 78 heavy (non-hydrogen) atoms. The molecule has 0 saturated heterocycles. The molecule has 0 aliphatic heterocycles. The Labute approximate surface area is 452 Å². The predicted molar refractivity (Wildman–Crippen MR) is 313 cm³/mol. The van der Waals surface area contributed by atoms with Crippen LogP contribution in [0.5, 0.6) is 0 Å². The Morgan fingerprint density at radius 1 is 0.295 bits per heavy atom. The van der Waals surface area contributed by atoms with Gasteiger partial charge in [0.1, 0.15) is 11.6 Å². The standard InChI is InChI=1S/C70H50N8/c1-3-65-71-57-23-13-15-25-63(57)77(65)49-33-27-45(28-34-49)61-41-59(43-17-7-5-8-18-43)73-69(75-61)47-31-37-53-55(39-47)67-51-21-11-12-22-52(51)68(53)56-40-48(32-38-54(56)67)70-74-60(44-19-9-6-10-20-44)42-62(76-70)46-29-35-50(36-30-46)78-64-26-16-14-24-58(64)72-66(78)4-2/h5-42,67-68H,3-4H2,1-2H3/t67-,68?/m1/s1. The van der Waals surface area contributed by atoms with Crippen molar-refractivity contribution in [2.24, 2.45) is 0 Å². The quantitative estimate of drug-likeness (QED) is 0.136. The van der Waals surface area contributed by atoms with Crippen LogP contribution in [0.1, 0.15) is 70.7 Å². The fraction of sp³-hybridized carbons (Fsp3) is 0.0857. The van der Waals surface area contributed by atoms with E-state index in [4.69, 9.17) is 29.9 Å². The fourth-order valence-electron chi connectivity index (χ4n) is 12.2. The number of hydrogen-bond donors (Lipinski definition) is 0. The van der Waals surface area contributed by atoms with Crippen LogP contribution in [0.4, 0.5) is 0 Å². The maximum Gasteiger partial charge on any atom is 0.160 e. The van der Waals surface area contributed by atoms with Gasteiger partial charge in [-0.1, -0.05) is 172 Å². The van der Waals surface area contributed by atoms with E-state index >= 15 is 0 Å². The molecule has 0 saturated carbocycles. The lowest BCUT2D eigenvalue weighted by Gasteiger charge is -2.42. The minimum atomic E-state index is 0.0216. The highest BCUT2D eigenvalue weighted by molar-refractivity contribution is 5.82. The lowest BCUT2D eigenvalue weighted by atomic mass is 9.61. The summed E-state index contributed by atoms with van der Waals surface area (Å²) in [7, 11) is 0. The van der Waals surface area contributed by atoms with Crippen LogP contribution in [0.25, 0.3) is 101 Å². The highest BCUT2D eigenvalue weighted by Crippen LogP contribution is 2.56. The van der Waals surface area contributed by atoms with Crippen LogP contribution < -0.4 is 0 Å². The van der Waals surface area contributed by atoms with Crippen molar-refractivity contribution in [1.29, 1.82) is 0 Å². The van der Waals surface area contributed by atoms with E-state index in [-0.39, 0.29) is 11.8 Å². The van der Waals surface area contributed by atoms with E-state index in [1.165, 1.54) is 33.4 Å². The fourth-order valence-corrected chi connectivity index (χ4v) is 12.2. The third-order valence-electron chi connectivity index (χ3n) is 15.9. The van der Waals surface area contributed by atoms with Gasteiger partial charge >= 0.3 is 0 Å². The molecule has 0 amide bonds. The lowest BCUT2D eigenvalue weighted by molar-refractivity contribution is 0.754. The van der Waals surface area contributed by atoms with Crippen LogP contribution >= 0.6 is 0 Å². The molecule has 2 atom stereocenters. The molecular weight excluding hydrogens is 953 g/mol. The van der Waals surface area contributed by atoms with Gasteiger partial charge in [0.15, 0.2) is 11.6 Å². The van der Waals surface area contributed by atoms with Crippen molar-refractivity contribution in [1.82, 2.24) is 39.0 Å². The molecule has 370 valence electrons. The SMILES string of the molecule is CCc1nc2ccccc2n1-c1ccc(-c2cc(-c3ccccc3)nc(-c3ccc4c(c3)C3c5ccccc5[C@H]4c4cc(-c5nc(-c6ccccc6)cc(-c6ccc(-n7c(CC)nc8ccccc87)cc6)n5)ccc43)n2)cc1. The summed E-state index contributed by atoms with van der Waals surface area (Å²) in [6.45, 7) is 4.31. The molecule has 9 aromatic carbocycles. The third kappa shape index (κ3) is 7.51. The first-order valence-electron chi connectivity index (χ1n) is 27.0. The Morgan fingerprint density at radius 2 is 0.628 bits per heavy atom. The summed E-state index contributed by atoms with van der Waals surface area (Å²) in [6, 6.07) is 82.0. The van der Waals surface area contributed by atoms with Gasteiger partial charge in [0, 0.05) is 69.4 Å². The molecule has 8 heteroatoms. The smallest absolute Gasteiger partial charge is 0.160 e. The maximum atomic E-state index is 5.36. The number of imidazole rings is 2. The molecule has 8 nitrogen and oxygen atoms in total. The van der Waals surface area contributed by atoms with Gasteiger partial charge in [-0.15, -0.1) is 0 Å². The number of hydrogen-bond acceptors (Lipinski definition) is 6. The third-order valence-corrected chi connectivity index (χ3v) is 15.9. The zero-order valence-electron chi connectivity index (χ0n) is 43.1. The number of aromatic nitrogens is 8. The van der Waals surface area contributed by atoms with Crippen LogP contribution in [0, 0.1) is 0 Å². The second-order valence-corrected chi connectivity index (χ2v) is 20.3. The Morgan fingerprint density at radius 3 is 1.03 bits per heavy atom. The zero-order chi connectivity index (χ0) is 51.8. The maximum absolute atomic E-state index is 5.36. The van der Waals surface area contributed by atoms with Gasteiger partial charge in [-0.25, -0.2) is 29.9 Å². The second kappa shape index (κ2) is 18.4. The van der Waals surface area contributed by atoms with Crippen molar-refractivity contribution in [3.8, 4) is 79.2 Å². The minimum Gasteiger partial charge on any atom is -0.296 e. The van der Waals surface area contributed by atoms with Gasteiger partial charge in [-0.05, 0) is 106 Å². The van der Waals surface area contributed by atoms with E-state index in [1.54, 1.807) is 0 Å². The van der Waals surface area contributed by atoms with Crippen LogP contribution in [0.15, 0.2) is 231 Å². The Balaban J connectivity index is 0.810. The van der Waals surface area contributed by atoms with Crippen LogP contribution in [-0.4, -0.2) is 39.0 Å². The summed E-state index contributed by atoms with van der Waals surface area (Å²) in [4.78, 5) is 31.2. The van der Waals surface area contributed by atoms with Crippen molar-refractivity contribution >= 4 is 22.1 Å². The number of rotatable bonds is 10. The van der Waals surface area contributed by atoms with Crippen molar-refractivity contribution in [2.75, 3.05) is 0 Å². The first-order valence-corrected chi connectivity index (χ1v) is 27.0. The summed E-state index contributed by atoms with van der Waals surface area (Å²) < 4.78 is 4.52. The molecule has 0 radical (unpaired) electrons. The van der Waals surface area contributed by atoms with E-state index < -0.39 is 0 Å². The van der Waals surface area contributed by atoms with E-state index in [0.717, 1.165) is 114 Å². The Bertz CT molecular complexity index is 4170. The van der Waals surface area contributed by atoms with Crippen molar-refractivity contribution < 1.29 is 0 Å². The molecule has 3 aliphatic carbocycles. The Kier molecular flexibility index (Phi) is 10.7. The Hall–Kier alpha value is -9.92. The van der Waals surface area contributed by atoms with E-state index in [1.807, 2.05) is 24.3 Å². The predicted octanol–water partition coefficient (Wildman–Crippen LogP) is 16.1. The number of para-hydroxylation sites is 4. The summed E-state index contributed by atoms with van der Waals surface area (Å²) >= 11 is 0. The molecule has 0 fully saturated rings. The van der Waals surface area contributed by atoms with Crippen LogP contribution in [0.3, 0.4) is 0 Å². The molecule has 13 aromatic rings. The van der Waals surface area contributed by atoms with Gasteiger partial charge in [-0.3, -0.25) is 9.13 Å². The average molecular weight is 1000 g/mol. The molecular formula is C70H50N8. The number of nitrogens with zero attached hydrogens (tertiary/aromatic N) is 8. The van der Waals surface area contributed by atoms with Crippen molar-refractivity contribution in [3.05, 3.63) is 276 Å². The molecule has 0 N–H and O–H groups in total. The lowest BCUT2D eigenvalue weighted by Crippen LogP contribution is -2.27. The van der Waals surface area contributed by atoms with Crippen LogP contribution in [0.2, 0.25) is 0 Å². The van der Waals surface area contributed by atoms with Gasteiger partial charge in [0.2, 0.25) is 0 Å². The topological polar surface area (TPSA) is 87.2 Å². The molecule has 3 aliphatic rings. The second-order valence-electron chi connectivity index (χ2n) is 20.3. The monoisotopic (exact) mass is 1000 g/mol. The molecule has 4 aromatic heterocycles. The van der Waals surface area contributed by atoms with Crippen molar-refractivity contribution in [3.63, 3.8) is 0 Å². The highest BCUT2D eigenvalue weighted by atomic mass is 15.1. The van der Waals surface area contributed by atoms with Crippen LogP contribution in [-0.2, 0) is 12.8 Å².